The molecular weight excluding hydrogens is 477 g/mol. The predicted octanol–water partition coefficient (Wildman–Crippen LogP) is 4.20. The number of ether oxygens (including phenoxy) is 1. The van der Waals surface area contributed by atoms with Crippen LogP contribution in [0.15, 0.2) is 35.1 Å². The lowest BCUT2D eigenvalue weighted by Crippen LogP contribution is -2.39. The van der Waals surface area contributed by atoms with Crippen LogP contribution in [0.3, 0.4) is 0 Å². The van der Waals surface area contributed by atoms with E-state index in [1.807, 2.05) is 0 Å². The minimum Gasteiger partial charge on any atom is -0.363 e. The van der Waals surface area contributed by atoms with Crippen molar-refractivity contribution in [2.75, 3.05) is 13.7 Å². The maximum Gasteiger partial charge on any atom is 0.270 e. The fraction of sp³-hybridized carbons (Fsp3) is 0.217. The Morgan fingerprint density at radius 3 is 2.43 bits per heavy atom. The Kier molecular flexibility index (Phi) is 5.37. The summed E-state index contributed by atoms with van der Waals surface area (Å²) in [6.45, 7) is -0.263. The van der Waals surface area contributed by atoms with Crippen LogP contribution >= 0.6 is 0 Å². The highest BCUT2D eigenvalue weighted by Gasteiger charge is 2.35. The number of aromatic nitrogens is 2. The number of benzene rings is 2. The van der Waals surface area contributed by atoms with Crippen molar-refractivity contribution in [3.8, 4) is 0 Å². The van der Waals surface area contributed by atoms with Gasteiger partial charge in [0.05, 0.1) is 29.3 Å². The average Bonchev–Trinajstić information content (AvgIpc) is 3.22. The number of aromatic amines is 2. The van der Waals surface area contributed by atoms with E-state index in [4.69, 9.17) is 4.74 Å². The molecule has 5 rings (SSSR count). The van der Waals surface area contributed by atoms with E-state index >= 15 is 0 Å². The number of nitrogens with one attached hydrogen (secondary N) is 2. The van der Waals surface area contributed by atoms with Gasteiger partial charge in [0, 0.05) is 23.5 Å². The standard InChI is InChI=1S/C23H16F5N3O4/c1-31(22(33)16-3-8-2-12(24)11(20(27)28)6-15(8)29-16)17-7-35-23(34)19-18(17)9-4-13(25)14(26)5-10(9)21(32)30-19/h2-6,17,20,23,29,34H,7H2,1H3,(H,30,32)/t17-,23+/m0/s1. The summed E-state index contributed by atoms with van der Waals surface area (Å²) in [5.74, 6) is -4.26. The summed E-state index contributed by atoms with van der Waals surface area (Å²) in [7, 11) is 1.37. The van der Waals surface area contributed by atoms with Gasteiger partial charge in [-0.2, -0.15) is 0 Å². The minimum atomic E-state index is -3.05. The Morgan fingerprint density at radius 1 is 1.06 bits per heavy atom. The molecule has 0 radical (unpaired) electrons. The molecule has 0 spiro atoms. The highest BCUT2D eigenvalue weighted by molar-refractivity contribution is 5.98. The van der Waals surface area contributed by atoms with Crippen molar-refractivity contribution in [3.05, 3.63) is 80.7 Å². The van der Waals surface area contributed by atoms with E-state index < -0.39 is 53.2 Å². The van der Waals surface area contributed by atoms with Gasteiger partial charge >= 0.3 is 0 Å². The zero-order chi connectivity index (χ0) is 25.2. The molecule has 0 fully saturated rings. The number of aliphatic hydroxyl groups excluding tert-OH is 1. The van der Waals surface area contributed by atoms with Crippen LogP contribution in [-0.4, -0.2) is 39.5 Å². The summed E-state index contributed by atoms with van der Waals surface area (Å²) in [5, 5.41) is 10.2. The molecule has 7 nitrogen and oxygen atoms in total. The molecule has 4 aromatic rings. The van der Waals surface area contributed by atoms with Gasteiger partial charge in [-0.05, 0) is 35.7 Å². The summed E-state index contributed by atoms with van der Waals surface area (Å²) >= 11 is 0. The van der Waals surface area contributed by atoms with Crippen molar-refractivity contribution in [2.45, 2.75) is 18.8 Å². The molecule has 3 N–H and O–H groups in total. The number of amides is 1. The van der Waals surface area contributed by atoms with Gasteiger partial charge in [0.1, 0.15) is 11.5 Å². The van der Waals surface area contributed by atoms with Crippen LogP contribution in [0, 0.1) is 17.5 Å². The third-order valence-corrected chi connectivity index (χ3v) is 6.12. The second-order valence-electron chi connectivity index (χ2n) is 8.16. The lowest BCUT2D eigenvalue weighted by Gasteiger charge is -2.35. The maximum absolute atomic E-state index is 14.1. The summed E-state index contributed by atoms with van der Waals surface area (Å²) in [6.07, 6.45) is -4.63. The van der Waals surface area contributed by atoms with Crippen LogP contribution in [0.25, 0.3) is 21.7 Å². The van der Waals surface area contributed by atoms with Gasteiger partial charge in [-0.25, -0.2) is 22.0 Å². The van der Waals surface area contributed by atoms with E-state index in [0.717, 1.165) is 24.3 Å². The number of H-pyrrole nitrogens is 2. The minimum absolute atomic E-state index is 0.0186. The number of aliphatic hydroxyl groups is 1. The van der Waals surface area contributed by atoms with E-state index in [9.17, 15) is 36.6 Å². The Morgan fingerprint density at radius 2 is 1.74 bits per heavy atom. The first kappa shape index (κ1) is 23.0. The Bertz CT molecular complexity index is 1560. The van der Waals surface area contributed by atoms with Gasteiger partial charge in [0.25, 0.3) is 17.9 Å². The van der Waals surface area contributed by atoms with Gasteiger partial charge in [0.15, 0.2) is 17.9 Å². The normalized spacial score (nSPS) is 17.8. The van der Waals surface area contributed by atoms with Gasteiger partial charge in [0.2, 0.25) is 0 Å². The van der Waals surface area contributed by atoms with Crippen molar-refractivity contribution in [3.63, 3.8) is 0 Å². The first-order valence-corrected chi connectivity index (χ1v) is 10.3. The average molecular weight is 493 g/mol. The van der Waals surface area contributed by atoms with Crippen LogP contribution < -0.4 is 5.56 Å². The number of hydrogen-bond donors (Lipinski definition) is 3. The Labute approximate surface area is 192 Å². The number of carbonyl (C=O) groups excluding carboxylic acids is 1. The number of hydrogen-bond acceptors (Lipinski definition) is 4. The van der Waals surface area contributed by atoms with Crippen LogP contribution in [0.4, 0.5) is 22.0 Å². The number of likely N-dealkylation sites (N-methyl/N-ethyl adjacent to an activating group) is 1. The van der Waals surface area contributed by atoms with E-state index in [1.54, 1.807) is 0 Å². The monoisotopic (exact) mass is 493 g/mol. The number of halogens is 5. The number of rotatable bonds is 3. The first-order valence-electron chi connectivity index (χ1n) is 10.3. The second kappa shape index (κ2) is 8.17. The zero-order valence-corrected chi connectivity index (χ0v) is 17.8. The lowest BCUT2D eigenvalue weighted by molar-refractivity contribution is -0.129. The molecule has 1 aliphatic heterocycles. The zero-order valence-electron chi connectivity index (χ0n) is 17.8. The van der Waals surface area contributed by atoms with Crippen LogP contribution in [0.1, 0.15) is 46.1 Å². The van der Waals surface area contributed by atoms with Crippen molar-refractivity contribution in [2.24, 2.45) is 0 Å². The molecule has 1 amide bonds. The molecule has 2 atom stereocenters. The predicted molar refractivity (Wildman–Crippen MR) is 113 cm³/mol. The van der Waals surface area contributed by atoms with Gasteiger partial charge in [-0.3, -0.25) is 9.59 Å². The molecule has 0 saturated carbocycles. The molecule has 2 aromatic carbocycles. The molecule has 2 aromatic heterocycles. The van der Waals surface area contributed by atoms with Crippen LogP contribution in [0.2, 0.25) is 0 Å². The number of alkyl halides is 2. The smallest absolute Gasteiger partial charge is 0.270 e. The molecule has 1 aliphatic rings. The molecule has 35 heavy (non-hydrogen) atoms. The molecule has 12 heteroatoms. The lowest BCUT2D eigenvalue weighted by atomic mass is 9.94. The summed E-state index contributed by atoms with van der Waals surface area (Å²) < 4.78 is 73.2. The van der Waals surface area contributed by atoms with E-state index in [2.05, 4.69) is 9.97 Å². The molecule has 0 unspecified atom stereocenters. The van der Waals surface area contributed by atoms with Gasteiger partial charge in [-0.1, -0.05) is 0 Å². The van der Waals surface area contributed by atoms with E-state index in [1.165, 1.54) is 18.0 Å². The fourth-order valence-electron chi connectivity index (χ4n) is 4.35. The first-order chi connectivity index (χ1) is 16.6. The second-order valence-corrected chi connectivity index (χ2v) is 8.16. The maximum atomic E-state index is 14.1. The summed E-state index contributed by atoms with van der Waals surface area (Å²) in [6, 6.07) is 3.64. The SMILES string of the molecule is CN(C(=O)c1cc2cc(F)c(C(F)F)cc2[nH]1)[C@H]1CO[C@@H](O)c2[nH]c(=O)c3cc(F)c(F)cc3c21. The highest BCUT2D eigenvalue weighted by atomic mass is 19.3. The van der Waals surface area contributed by atoms with Gasteiger partial charge in [-0.15, -0.1) is 0 Å². The summed E-state index contributed by atoms with van der Waals surface area (Å²) in [5.41, 5.74) is -1.53. The number of pyridine rings is 1. The van der Waals surface area contributed by atoms with Crippen molar-refractivity contribution >= 4 is 27.6 Å². The summed E-state index contributed by atoms with van der Waals surface area (Å²) in [4.78, 5) is 31.9. The van der Waals surface area contributed by atoms with Gasteiger partial charge < -0.3 is 24.7 Å². The number of nitrogens with zero attached hydrogens (tertiary/aromatic N) is 1. The third-order valence-electron chi connectivity index (χ3n) is 6.12. The van der Waals surface area contributed by atoms with Crippen molar-refractivity contribution in [1.29, 1.82) is 0 Å². The van der Waals surface area contributed by atoms with E-state index in [-0.39, 0.29) is 45.2 Å². The van der Waals surface area contributed by atoms with Crippen LogP contribution in [-0.2, 0) is 4.74 Å². The molecule has 182 valence electrons. The topological polar surface area (TPSA) is 98.4 Å². The molecule has 0 aliphatic carbocycles. The van der Waals surface area contributed by atoms with E-state index in [0.29, 0.717) is 0 Å². The third kappa shape index (κ3) is 3.65. The van der Waals surface area contributed by atoms with Crippen molar-refractivity contribution < 1.29 is 36.6 Å². The molecule has 0 saturated heterocycles. The van der Waals surface area contributed by atoms with Crippen LogP contribution in [0.5, 0.6) is 0 Å². The highest BCUT2D eigenvalue weighted by Crippen LogP contribution is 2.38. The fourth-order valence-corrected chi connectivity index (χ4v) is 4.35. The molecular formula is C23H16F5N3O4. The largest absolute Gasteiger partial charge is 0.363 e. The van der Waals surface area contributed by atoms with Crippen molar-refractivity contribution in [1.82, 2.24) is 14.9 Å². The number of fused-ring (bicyclic) bond motifs is 4. The number of carbonyl (C=O) groups is 1. The molecule has 0 bridgehead atoms. The molecule has 3 heterocycles. The quantitative estimate of drug-likeness (QED) is 0.373. The Balaban J connectivity index is 1.60. The Hall–Kier alpha value is -3.77.